The number of nitrogens with zero attached hydrogens (tertiary/aromatic N) is 3. The van der Waals surface area contributed by atoms with Crippen LogP contribution in [0, 0.1) is 13.8 Å². The van der Waals surface area contributed by atoms with Gasteiger partial charge < -0.3 is 4.42 Å². The smallest absolute Gasteiger partial charge is 0.249 e. The zero-order valence-corrected chi connectivity index (χ0v) is 10.1. The van der Waals surface area contributed by atoms with Gasteiger partial charge in [-0.05, 0) is 32.9 Å². The number of rotatable bonds is 2. The lowest BCUT2D eigenvalue weighted by Crippen LogP contribution is -1.90. The molecule has 1 unspecified atom stereocenters. The van der Waals surface area contributed by atoms with Crippen LogP contribution in [0.15, 0.2) is 16.5 Å². The SMILES string of the molecule is Cc1ccc(-c2nnc(C(C)Cl)o2)c(C)n1. The van der Waals surface area contributed by atoms with Crippen LogP contribution >= 0.6 is 11.6 Å². The number of halogens is 1. The van der Waals surface area contributed by atoms with Crippen LogP contribution < -0.4 is 0 Å². The fraction of sp³-hybridized carbons (Fsp3) is 0.364. The van der Waals surface area contributed by atoms with Gasteiger partial charge in [0, 0.05) is 5.69 Å². The van der Waals surface area contributed by atoms with Crippen LogP contribution in [0.2, 0.25) is 0 Å². The Balaban J connectivity index is 2.42. The highest BCUT2D eigenvalue weighted by atomic mass is 35.5. The van der Waals surface area contributed by atoms with Gasteiger partial charge in [0.1, 0.15) is 5.38 Å². The van der Waals surface area contributed by atoms with E-state index >= 15 is 0 Å². The molecule has 5 heteroatoms. The molecule has 2 aromatic rings. The molecule has 0 amide bonds. The summed E-state index contributed by atoms with van der Waals surface area (Å²) in [6.45, 7) is 5.65. The predicted molar refractivity (Wildman–Crippen MR) is 61.3 cm³/mol. The van der Waals surface area contributed by atoms with Crippen molar-refractivity contribution >= 4 is 11.6 Å². The largest absolute Gasteiger partial charge is 0.419 e. The number of aryl methyl sites for hydroxylation is 2. The summed E-state index contributed by atoms with van der Waals surface area (Å²) in [5, 5.41) is 7.56. The molecule has 2 heterocycles. The molecule has 2 aromatic heterocycles. The van der Waals surface area contributed by atoms with Crippen molar-refractivity contribution < 1.29 is 4.42 Å². The fourth-order valence-corrected chi connectivity index (χ4v) is 1.50. The highest BCUT2D eigenvalue weighted by Crippen LogP contribution is 2.25. The first-order valence-electron chi connectivity index (χ1n) is 5.00. The molecule has 0 aliphatic carbocycles. The maximum absolute atomic E-state index is 5.86. The van der Waals surface area contributed by atoms with Crippen LogP contribution in [0.5, 0.6) is 0 Å². The Bertz CT molecular complexity index is 508. The van der Waals surface area contributed by atoms with Crippen LogP contribution in [-0.4, -0.2) is 15.2 Å². The number of aromatic nitrogens is 3. The van der Waals surface area contributed by atoms with Crippen molar-refractivity contribution in [3.05, 3.63) is 29.4 Å². The Morgan fingerprint density at radius 1 is 1.25 bits per heavy atom. The van der Waals surface area contributed by atoms with E-state index in [1.54, 1.807) is 6.92 Å². The van der Waals surface area contributed by atoms with Gasteiger partial charge in [0.25, 0.3) is 0 Å². The van der Waals surface area contributed by atoms with E-state index in [9.17, 15) is 0 Å². The summed E-state index contributed by atoms with van der Waals surface area (Å²) in [6, 6.07) is 3.84. The molecule has 16 heavy (non-hydrogen) atoms. The Kier molecular flexibility index (Phi) is 2.92. The van der Waals surface area contributed by atoms with Crippen LogP contribution in [0.4, 0.5) is 0 Å². The van der Waals surface area contributed by atoms with E-state index in [2.05, 4.69) is 15.2 Å². The van der Waals surface area contributed by atoms with E-state index < -0.39 is 0 Å². The molecule has 0 radical (unpaired) electrons. The van der Waals surface area contributed by atoms with Crippen LogP contribution in [0.1, 0.15) is 29.6 Å². The van der Waals surface area contributed by atoms with Crippen LogP contribution in [-0.2, 0) is 0 Å². The first-order chi connectivity index (χ1) is 7.58. The van der Waals surface area contributed by atoms with E-state index in [1.165, 1.54) is 0 Å². The second kappa shape index (κ2) is 4.22. The second-order valence-electron chi connectivity index (χ2n) is 3.65. The normalized spacial score (nSPS) is 12.8. The highest BCUT2D eigenvalue weighted by molar-refractivity contribution is 6.20. The third-order valence-corrected chi connectivity index (χ3v) is 2.42. The quantitative estimate of drug-likeness (QED) is 0.754. The van der Waals surface area contributed by atoms with Gasteiger partial charge in [-0.1, -0.05) is 0 Å². The summed E-state index contributed by atoms with van der Waals surface area (Å²) < 4.78 is 5.46. The summed E-state index contributed by atoms with van der Waals surface area (Å²) in [7, 11) is 0. The first-order valence-corrected chi connectivity index (χ1v) is 5.43. The molecular formula is C11H12ClN3O. The Labute approximate surface area is 98.7 Å². The minimum Gasteiger partial charge on any atom is -0.419 e. The van der Waals surface area contributed by atoms with E-state index in [1.807, 2.05) is 26.0 Å². The standard InChI is InChI=1S/C11H12ClN3O/c1-6-4-5-9(8(3)13-6)11-15-14-10(16-11)7(2)12/h4-5,7H,1-3H3. The molecule has 4 nitrogen and oxygen atoms in total. The van der Waals surface area contributed by atoms with Gasteiger partial charge in [0.2, 0.25) is 11.8 Å². The molecule has 1 atom stereocenters. The molecule has 0 N–H and O–H groups in total. The topological polar surface area (TPSA) is 51.8 Å². The van der Waals surface area contributed by atoms with Crippen molar-refractivity contribution in [1.82, 2.24) is 15.2 Å². The van der Waals surface area contributed by atoms with E-state index in [0.29, 0.717) is 11.8 Å². The minimum atomic E-state index is -0.278. The molecule has 0 aromatic carbocycles. The molecular weight excluding hydrogens is 226 g/mol. The minimum absolute atomic E-state index is 0.278. The van der Waals surface area contributed by atoms with Crippen LogP contribution in [0.3, 0.4) is 0 Å². The van der Waals surface area contributed by atoms with Gasteiger partial charge in [-0.15, -0.1) is 21.8 Å². The second-order valence-corrected chi connectivity index (χ2v) is 4.30. The van der Waals surface area contributed by atoms with Gasteiger partial charge >= 0.3 is 0 Å². The van der Waals surface area contributed by atoms with Gasteiger partial charge in [-0.25, -0.2) is 0 Å². The number of alkyl halides is 1. The third-order valence-electron chi connectivity index (χ3n) is 2.24. The molecule has 0 saturated carbocycles. The van der Waals surface area contributed by atoms with Gasteiger partial charge in [-0.2, -0.15) is 0 Å². The lowest BCUT2D eigenvalue weighted by atomic mass is 10.2. The highest BCUT2D eigenvalue weighted by Gasteiger charge is 2.14. The van der Waals surface area contributed by atoms with E-state index in [0.717, 1.165) is 17.0 Å². The van der Waals surface area contributed by atoms with Gasteiger partial charge in [0.15, 0.2) is 0 Å². The average Bonchev–Trinajstić information content (AvgIpc) is 2.66. The zero-order valence-electron chi connectivity index (χ0n) is 9.36. The van der Waals surface area contributed by atoms with Crippen molar-refractivity contribution in [1.29, 1.82) is 0 Å². The first kappa shape index (κ1) is 11.1. The van der Waals surface area contributed by atoms with Gasteiger partial charge in [0.05, 0.1) is 11.3 Å². The molecule has 0 bridgehead atoms. The number of hydrogen-bond acceptors (Lipinski definition) is 4. The van der Waals surface area contributed by atoms with Crippen molar-refractivity contribution in [2.45, 2.75) is 26.1 Å². The molecule has 0 aliphatic heterocycles. The molecule has 0 spiro atoms. The number of pyridine rings is 1. The van der Waals surface area contributed by atoms with E-state index in [-0.39, 0.29) is 5.38 Å². The van der Waals surface area contributed by atoms with E-state index in [4.69, 9.17) is 16.0 Å². The van der Waals surface area contributed by atoms with Crippen molar-refractivity contribution in [3.8, 4) is 11.5 Å². The Morgan fingerprint density at radius 2 is 2.00 bits per heavy atom. The molecule has 0 saturated heterocycles. The monoisotopic (exact) mass is 237 g/mol. The molecule has 84 valence electrons. The number of hydrogen-bond donors (Lipinski definition) is 0. The summed E-state index contributed by atoms with van der Waals surface area (Å²) in [4.78, 5) is 4.34. The van der Waals surface area contributed by atoms with Crippen molar-refractivity contribution in [2.24, 2.45) is 0 Å². The summed E-state index contributed by atoms with van der Waals surface area (Å²) in [5.74, 6) is 0.893. The van der Waals surface area contributed by atoms with Gasteiger partial charge in [-0.3, -0.25) is 4.98 Å². The zero-order chi connectivity index (χ0) is 11.7. The summed E-state index contributed by atoms with van der Waals surface area (Å²) in [6.07, 6.45) is 0. The van der Waals surface area contributed by atoms with Crippen LogP contribution in [0.25, 0.3) is 11.5 Å². The maximum atomic E-state index is 5.86. The molecule has 0 fully saturated rings. The Hall–Kier alpha value is -1.42. The third kappa shape index (κ3) is 2.07. The maximum Gasteiger partial charge on any atom is 0.249 e. The lowest BCUT2D eigenvalue weighted by Gasteiger charge is -2.00. The Morgan fingerprint density at radius 3 is 2.56 bits per heavy atom. The molecule has 0 aliphatic rings. The van der Waals surface area contributed by atoms with Crippen molar-refractivity contribution in [2.75, 3.05) is 0 Å². The fourth-order valence-electron chi connectivity index (χ4n) is 1.42. The predicted octanol–water partition coefficient (Wildman–Crippen LogP) is 3.05. The summed E-state index contributed by atoms with van der Waals surface area (Å²) >= 11 is 5.86. The average molecular weight is 238 g/mol. The summed E-state index contributed by atoms with van der Waals surface area (Å²) in [5.41, 5.74) is 2.69. The molecule has 2 rings (SSSR count). The lowest BCUT2D eigenvalue weighted by molar-refractivity contribution is 0.506. The van der Waals surface area contributed by atoms with Crippen molar-refractivity contribution in [3.63, 3.8) is 0 Å².